The van der Waals surface area contributed by atoms with Gasteiger partial charge in [0.25, 0.3) is 0 Å². The summed E-state index contributed by atoms with van der Waals surface area (Å²) in [4.78, 5) is 11.6. The molecule has 5 nitrogen and oxygen atoms in total. The molecule has 0 spiro atoms. The second kappa shape index (κ2) is 4.78. The van der Waals surface area contributed by atoms with Gasteiger partial charge in [0.2, 0.25) is 0 Å². The van der Waals surface area contributed by atoms with Crippen molar-refractivity contribution in [2.24, 2.45) is 0 Å². The summed E-state index contributed by atoms with van der Waals surface area (Å²) in [6.45, 7) is 7.03. The molecule has 0 aromatic rings. The van der Waals surface area contributed by atoms with Crippen LogP contribution < -0.4 is 5.32 Å². The van der Waals surface area contributed by atoms with Crippen LogP contribution in [-0.4, -0.2) is 37.8 Å². The molecular formula is C11H19NO4S. The van der Waals surface area contributed by atoms with E-state index in [1.165, 1.54) is 5.41 Å². The summed E-state index contributed by atoms with van der Waals surface area (Å²) >= 11 is 0. The molecule has 0 radical (unpaired) electrons. The monoisotopic (exact) mass is 261 g/mol. The van der Waals surface area contributed by atoms with Gasteiger partial charge in [-0.3, -0.25) is 10.1 Å². The minimum Gasteiger partial charge on any atom is -0.459 e. The first-order valence-electron chi connectivity index (χ1n) is 5.49. The Labute approximate surface area is 102 Å². The van der Waals surface area contributed by atoms with Crippen molar-refractivity contribution in [1.82, 2.24) is 5.32 Å². The van der Waals surface area contributed by atoms with E-state index < -0.39 is 21.5 Å². The molecule has 0 aromatic heterocycles. The molecule has 1 aliphatic rings. The van der Waals surface area contributed by atoms with Gasteiger partial charge < -0.3 is 4.74 Å². The Balaban J connectivity index is 2.48. The molecule has 0 aliphatic carbocycles. The predicted octanol–water partition coefficient (Wildman–Crippen LogP) is 0.617. The molecule has 0 bridgehead atoms. The SMILES string of the molecule is CC(NC1C=CS(=O)(=O)C1)C(=O)OC(C)(C)C. The number of sulfone groups is 1. The zero-order chi connectivity index (χ0) is 13.3. The number of nitrogens with one attached hydrogen (secondary N) is 1. The third-order valence-corrected chi connectivity index (χ3v) is 3.55. The van der Waals surface area contributed by atoms with E-state index in [4.69, 9.17) is 4.74 Å². The quantitative estimate of drug-likeness (QED) is 0.754. The third kappa shape index (κ3) is 4.87. The summed E-state index contributed by atoms with van der Waals surface area (Å²) in [5, 5.41) is 4.09. The van der Waals surface area contributed by atoms with Crippen molar-refractivity contribution in [3.8, 4) is 0 Å². The lowest BCUT2D eigenvalue weighted by molar-refractivity contribution is -0.157. The van der Waals surface area contributed by atoms with E-state index in [0.29, 0.717) is 0 Å². The van der Waals surface area contributed by atoms with Gasteiger partial charge in [0, 0.05) is 11.4 Å². The highest BCUT2D eigenvalue weighted by Gasteiger charge is 2.27. The zero-order valence-electron chi connectivity index (χ0n) is 10.6. The van der Waals surface area contributed by atoms with Gasteiger partial charge in [-0.25, -0.2) is 8.42 Å². The van der Waals surface area contributed by atoms with E-state index >= 15 is 0 Å². The molecule has 2 atom stereocenters. The van der Waals surface area contributed by atoms with Crippen molar-refractivity contribution in [2.75, 3.05) is 5.75 Å². The van der Waals surface area contributed by atoms with E-state index in [2.05, 4.69) is 5.32 Å². The van der Waals surface area contributed by atoms with Crippen molar-refractivity contribution in [1.29, 1.82) is 0 Å². The van der Waals surface area contributed by atoms with E-state index in [9.17, 15) is 13.2 Å². The maximum atomic E-state index is 11.6. The minimum atomic E-state index is -3.10. The molecule has 0 fully saturated rings. The lowest BCUT2D eigenvalue weighted by atomic mass is 10.2. The van der Waals surface area contributed by atoms with Crippen molar-refractivity contribution in [3.05, 3.63) is 11.5 Å². The molecule has 2 unspecified atom stereocenters. The topological polar surface area (TPSA) is 72.5 Å². The number of ether oxygens (including phenoxy) is 1. The van der Waals surface area contributed by atoms with E-state index in [1.807, 2.05) is 0 Å². The van der Waals surface area contributed by atoms with Crippen LogP contribution in [0.3, 0.4) is 0 Å². The highest BCUT2D eigenvalue weighted by atomic mass is 32.2. The fourth-order valence-corrected chi connectivity index (χ4v) is 2.71. The van der Waals surface area contributed by atoms with Crippen LogP contribution in [0.1, 0.15) is 27.7 Å². The second-order valence-corrected chi connectivity index (χ2v) is 7.12. The molecule has 1 N–H and O–H groups in total. The van der Waals surface area contributed by atoms with Crippen molar-refractivity contribution >= 4 is 15.8 Å². The number of esters is 1. The van der Waals surface area contributed by atoms with Crippen LogP contribution >= 0.6 is 0 Å². The Hall–Kier alpha value is -0.880. The number of carbonyl (C=O) groups excluding carboxylic acids is 1. The predicted molar refractivity (Wildman–Crippen MR) is 65.2 cm³/mol. The van der Waals surface area contributed by atoms with Gasteiger partial charge in [-0.15, -0.1) is 0 Å². The summed E-state index contributed by atoms with van der Waals surface area (Å²) in [5.41, 5.74) is -0.537. The lowest BCUT2D eigenvalue weighted by Crippen LogP contribution is -2.44. The molecular weight excluding hydrogens is 242 g/mol. The second-order valence-electron chi connectivity index (χ2n) is 5.19. The van der Waals surface area contributed by atoms with Crippen LogP contribution in [0.4, 0.5) is 0 Å². The van der Waals surface area contributed by atoms with Gasteiger partial charge in [0.15, 0.2) is 9.84 Å². The number of hydrogen-bond donors (Lipinski definition) is 1. The highest BCUT2D eigenvalue weighted by molar-refractivity contribution is 7.94. The van der Waals surface area contributed by atoms with E-state index in [1.54, 1.807) is 33.8 Å². The van der Waals surface area contributed by atoms with Crippen molar-refractivity contribution in [3.63, 3.8) is 0 Å². The van der Waals surface area contributed by atoms with Crippen LogP contribution in [0.5, 0.6) is 0 Å². The molecule has 98 valence electrons. The van der Waals surface area contributed by atoms with Crippen LogP contribution in [0, 0.1) is 0 Å². The first kappa shape index (κ1) is 14.2. The smallest absolute Gasteiger partial charge is 0.323 e. The average molecular weight is 261 g/mol. The van der Waals surface area contributed by atoms with E-state index in [-0.39, 0.29) is 17.8 Å². The summed E-state index contributed by atoms with van der Waals surface area (Å²) < 4.78 is 27.5. The van der Waals surface area contributed by atoms with Gasteiger partial charge in [-0.2, -0.15) is 0 Å². The molecule has 1 heterocycles. The lowest BCUT2D eigenvalue weighted by Gasteiger charge is -2.23. The summed E-state index contributed by atoms with van der Waals surface area (Å²) in [5.74, 6) is -0.379. The fraction of sp³-hybridized carbons (Fsp3) is 0.727. The molecule has 0 amide bonds. The molecule has 0 saturated heterocycles. The van der Waals surface area contributed by atoms with Crippen LogP contribution in [0.25, 0.3) is 0 Å². The van der Waals surface area contributed by atoms with E-state index in [0.717, 1.165) is 0 Å². The Morgan fingerprint density at radius 1 is 1.47 bits per heavy atom. The summed E-state index contributed by atoms with van der Waals surface area (Å²) in [6.07, 6.45) is 1.55. The molecule has 0 aromatic carbocycles. The van der Waals surface area contributed by atoms with Gasteiger partial charge >= 0.3 is 5.97 Å². The van der Waals surface area contributed by atoms with Gasteiger partial charge in [-0.1, -0.05) is 6.08 Å². The van der Waals surface area contributed by atoms with Gasteiger partial charge in [0.05, 0.1) is 5.75 Å². The maximum Gasteiger partial charge on any atom is 0.323 e. The van der Waals surface area contributed by atoms with Gasteiger partial charge in [0.1, 0.15) is 11.6 Å². The largest absolute Gasteiger partial charge is 0.459 e. The highest BCUT2D eigenvalue weighted by Crippen LogP contribution is 2.11. The number of rotatable bonds is 3. The molecule has 17 heavy (non-hydrogen) atoms. The average Bonchev–Trinajstić information content (AvgIpc) is 2.42. The summed E-state index contributed by atoms with van der Waals surface area (Å²) in [6, 6.07) is -0.848. The molecule has 6 heteroatoms. The zero-order valence-corrected chi connectivity index (χ0v) is 11.4. The van der Waals surface area contributed by atoms with Crippen LogP contribution in [0.15, 0.2) is 11.5 Å². The number of hydrogen-bond acceptors (Lipinski definition) is 5. The Morgan fingerprint density at radius 2 is 2.06 bits per heavy atom. The normalized spacial score (nSPS) is 24.6. The summed E-state index contributed by atoms with van der Waals surface area (Å²) in [7, 11) is -3.10. The molecule has 1 rings (SSSR count). The van der Waals surface area contributed by atoms with Crippen molar-refractivity contribution < 1.29 is 17.9 Å². The standard InChI is InChI=1S/C11H19NO4S/c1-8(10(13)16-11(2,3)4)12-9-5-6-17(14,15)7-9/h5-6,8-9,12H,7H2,1-4H3. The molecule has 0 saturated carbocycles. The minimum absolute atomic E-state index is 0.000137. The maximum absolute atomic E-state index is 11.6. The first-order chi connectivity index (χ1) is 7.59. The fourth-order valence-electron chi connectivity index (χ4n) is 1.46. The third-order valence-electron chi connectivity index (χ3n) is 2.15. The van der Waals surface area contributed by atoms with Crippen LogP contribution in [-0.2, 0) is 19.4 Å². The Bertz CT molecular complexity index is 419. The van der Waals surface area contributed by atoms with Crippen LogP contribution in [0.2, 0.25) is 0 Å². The van der Waals surface area contributed by atoms with Crippen molar-refractivity contribution in [2.45, 2.75) is 45.4 Å². The Morgan fingerprint density at radius 3 is 2.47 bits per heavy atom. The number of carbonyl (C=O) groups is 1. The Kier molecular flexibility index (Phi) is 3.99. The van der Waals surface area contributed by atoms with Gasteiger partial charge in [-0.05, 0) is 27.7 Å². The first-order valence-corrected chi connectivity index (χ1v) is 7.20. The molecule has 1 aliphatic heterocycles.